The molecule has 0 aliphatic heterocycles. The van der Waals surface area contributed by atoms with Crippen LogP contribution in [0, 0.1) is 0 Å². The highest BCUT2D eigenvalue weighted by Crippen LogP contribution is 2.52. The van der Waals surface area contributed by atoms with Crippen LogP contribution in [-0.4, -0.2) is 8.07 Å². The second-order valence-electron chi connectivity index (χ2n) is 16.3. The minimum absolute atomic E-state index is 0.0218. The fourth-order valence-electron chi connectivity index (χ4n) is 10.6. The molecule has 0 saturated heterocycles. The number of thiophene rings is 1. The summed E-state index contributed by atoms with van der Waals surface area (Å²) in [4.78, 5) is 0. The van der Waals surface area contributed by atoms with E-state index in [4.69, 9.17) is 0 Å². The average Bonchev–Trinajstić information content (AvgIpc) is 3.75. The Morgan fingerprint density at radius 3 is 1.61 bits per heavy atom. The van der Waals surface area contributed by atoms with Crippen LogP contribution in [0.2, 0.25) is 0 Å². The van der Waals surface area contributed by atoms with E-state index in [9.17, 15) is 0 Å². The molecule has 0 bridgehead atoms. The van der Waals surface area contributed by atoms with Gasteiger partial charge in [-0.25, -0.2) is 0 Å². The minimum Gasteiger partial charge on any atom is -0.135 e. The maximum Gasteiger partial charge on any atom is 0.180 e. The summed E-state index contributed by atoms with van der Waals surface area (Å²) in [5.74, 6) is 0. The third-order valence-corrected chi connectivity index (χ3v) is 19.1. The van der Waals surface area contributed by atoms with Crippen molar-refractivity contribution in [1.29, 1.82) is 0 Å². The molecular weight excluding hydrogens is 721 g/mol. The van der Waals surface area contributed by atoms with Crippen molar-refractivity contribution in [3.05, 3.63) is 205 Å². The van der Waals surface area contributed by atoms with Crippen LogP contribution in [0.1, 0.15) is 25.0 Å². The molecule has 0 saturated carbocycles. The molecule has 268 valence electrons. The van der Waals surface area contributed by atoms with E-state index >= 15 is 0 Å². The van der Waals surface area contributed by atoms with Crippen molar-refractivity contribution in [2.45, 2.75) is 19.3 Å². The van der Waals surface area contributed by atoms with Crippen LogP contribution < -0.4 is 20.7 Å². The average molecular weight is 759 g/mol. The fourth-order valence-corrected chi connectivity index (χ4v) is 16.7. The summed E-state index contributed by atoms with van der Waals surface area (Å²) in [5, 5.41) is 16.3. The molecule has 1 heterocycles. The van der Waals surface area contributed by atoms with E-state index in [1.165, 1.54) is 107 Å². The van der Waals surface area contributed by atoms with Gasteiger partial charge in [0.05, 0.1) is 0 Å². The van der Waals surface area contributed by atoms with E-state index in [-0.39, 0.29) is 5.41 Å². The molecule has 11 aromatic rings. The van der Waals surface area contributed by atoms with Crippen molar-refractivity contribution in [1.82, 2.24) is 0 Å². The van der Waals surface area contributed by atoms with Gasteiger partial charge in [0.1, 0.15) is 0 Å². The van der Waals surface area contributed by atoms with Gasteiger partial charge in [-0.05, 0) is 105 Å². The first-order chi connectivity index (χ1) is 28.0. The number of benzene rings is 10. The van der Waals surface area contributed by atoms with Gasteiger partial charge in [0.2, 0.25) is 0 Å². The highest BCUT2D eigenvalue weighted by atomic mass is 32.1. The van der Waals surface area contributed by atoms with Gasteiger partial charge >= 0.3 is 0 Å². The lowest BCUT2D eigenvalue weighted by atomic mass is 9.82. The molecule has 1 aliphatic rings. The highest BCUT2D eigenvalue weighted by Gasteiger charge is 2.42. The smallest absolute Gasteiger partial charge is 0.135 e. The Hall–Kier alpha value is -6.32. The summed E-state index contributed by atoms with van der Waals surface area (Å²) >= 11 is 1.93. The van der Waals surface area contributed by atoms with Crippen LogP contribution in [-0.2, 0) is 5.41 Å². The number of hydrogen-bond donors (Lipinski definition) is 0. The number of hydrogen-bond acceptors (Lipinski definition) is 1. The third-order valence-electron chi connectivity index (χ3n) is 13.2. The zero-order valence-corrected chi connectivity index (χ0v) is 33.7. The Kier molecular flexibility index (Phi) is 6.97. The van der Waals surface area contributed by atoms with Crippen LogP contribution >= 0.6 is 11.3 Å². The van der Waals surface area contributed by atoms with E-state index < -0.39 is 8.07 Å². The van der Waals surface area contributed by atoms with Gasteiger partial charge in [0.15, 0.2) is 8.07 Å². The summed E-state index contributed by atoms with van der Waals surface area (Å²) in [6, 6.07) is 74.0. The molecular formula is C55H38SSi. The molecule has 0 nitrogen and oxygen atoms in total. The molecule has 57 heavy (non-hydrogen) atoms. The van der Waals surface area contributed by atoms with Crippen molar-refractivity contribution in [2.75, 3.05) is 0 Å². The SMILES string of the molecule is CC1(C)c2ccccc2-c2cc3c(cc21)sc1cccc(-c2ccc4ccc5c([Si](c6ccccc6)(c6ccccc6)c6ccccc6)ccc6ccc2c4c65)c13. The maximum atomic E-state index is 2.50. The molecule has 12 rings (SSSR count). The van der Waals surface area contributed by atoms with E-state index in [0.717, 1.165) is 0 Å². The van der Waals surface area contributed by atoms with Gasteiger partial charge < -0.3 is 0 Å². The minimum atomic E-state index is -2.77. The van der Waals surface area contributed by atoms with Gasteiger partial charge in [-0.1, -0.05) is 190 Å². The molecule has 0 N–H and O–H groups in total. The first kappa shape index (κ1) is 32.9. The summed E-state index contributed by atoms with van der Waals surface area (Å²) < 4.78 is 2.71. The molecule has 0 fully saturated rings. The molecule has 0 unspecified atom stereocenters. The monoisotopic (exact) mass is 758 g/mol. The van der Waals surface area contributed by atoms with Gasteiger partial charge in [0, 0.05) is 25.6 Å². The lowest BCUT2D eigenvalue weighted by Gasteiger charge is -2.35. The Morgan fingerprint density at radius 1 is 0.368 bits per heavy atom. The van der Waals surface area contributed by atoms with Crippen LogP contribution in [0.4, 0.5) is 0 Å². The molecule has 0 atom stereocenters. The van der Waals surface area contributed by atoms with Crippen molar-refractivity contribution in [3.8, 4) is 22.3 Å². The molecule has 10 aromatic carbocycles. The fraction of sp³-hybridized carbons (Fsp3) is 0.0545. The summed E-state index contributed by atoms with van der Waals surface area (Å²) in [6.45, 7) is 4.76. The molecule has 0 radical (unpaired) electrons. The van der Waals surface area contributed by atoms with Gasteiger partial charge in [-0.3, -0.25) is 0 Å². The normalized spacial score (nSPS) is 13.6. The van der Waals surface area contributed by atoms with E-state index in [2.05, 4.69) is 208 Å². The predicted octanol–water partition coefficient (Wildman–Crippen LogP) is 12.3. The Morgan fingerprint density at radius 2 is 0.930 bits per heavy atom. The lowest BCUT2D eigenvalue weighted by molar-refractivity contribution is 0.661. The second kappa shape index (κ2) is 12.1. The van der Waals surface area contributed by atoms with Crippen LogP contribution in [0.25, 0.3) is 74.7 Å². The number of rotatable bonds is 5. The zero-order chi connectivity index (χ0) is 37.9. The molecule has 2 heteroatoms. The molecule has 1 aliphatic carbocycles. The first-order valence-corrected chi connectivity index (χ1v) is 22.8. The Bertz CT molecular complexity index is 3260. The summed E-state index contributed by atoms with van der Waals surface area (Å²) in [6.07, 6.45) is 0. The predicted molar refractivity (Wildman–Crippen MR) is 250 cm³/mol. The quantitative estimate of drug-likeness (QED) is 0.0931. The van der Waals surface area contributed by atoms with E-state index in [1.54, 1.807) is 0 Å². The van der Waals surface area contributed by atoms with Crippen LogP contribution in [0.15, 0.2) is 194 Å². The van der Waals surface area contributed by atoms with E-state index in [0.29, 0.717) is 0 Å². The zero-order valence-electron chi connectivity index (χ0n) is 31.9. The Labute approximate surface area is 337 Å². The second-order valence-corrected chi connectivity index (χ2v) is 21.2. The Balaban J connectivity index is 1.15. The van der Waals surface area contributed by atoms with Crippen LogP contribution in [0.5, 0.6) is 0 Å². The van der Waals surface area contributed by atoms with Crippen molar-refractivity contribution >= 4 is 92.6 Å². The third kappa shape index (κ3) is 4.48. The van der Waals surface area contributed by atoms with Crippen molar-refractivity contribution in [3.63, 3.8) is 0 Å². The number of fused-ring (bicyclic) bond motifs is 6. The molecule has 1 aromatic heterocycles. The lowest BCUT2D eigenvalue weighted by Crippen LogP contribution is -2.74. The topological polar surface area (TPSA) is 0 Å². The standard InChI is InChI=1S/C55H38SSi/c1-55(2)47-23-13-12-21-41(47)45-33-46-50(34-48(45)55)56-49-24-14-22-42(54(46)49)40-29-25-35-27-31-44-51(32-28-36-26-30-43(40)52(35)53(36)44)57(37-15-6-3-7-16-37,38-17-8-4-9-18-38)39-19-10-5-11-20-39/h3-34H,1-2H3. The van der Waals surface area contributed by atoms with Crippen molar-refractivity contribution in [2.24, 2.45) is 0 Å². The van der Waals surface area contributed by atoms with Gasteiger partial charge in [-0.15, -0.1) is 11.3 Å². The summed E-state index contributed by atoms with van der Waals surface area (Å²) in [7, 11) is -2.77. The van der Waals surface area contributed by atoms with E-state index in [1.807, 2.05) is 11.3 Å². The summed E-state index contributed by atoms with van der Waals surface area (Å²) in [5.41, 5.74) is 8.19. The van der Waals surface area contributed by atoms with Crippen LogP contribution in [0.3, 0.4) is 0 Å². The maximum absolute atomic E-state index is 2.77. The van der Waals surface area contributed by atoms with Crippen molar-refractivity contribution < 1.29 is 0 Å². The largest absolute Gasteiger partial charge is 0.180 e. The first-order valence-electron chi connectivity index (χ1n) is 20.0. The van der Waals surface area contributed by atoms with Gasteiger partial charge in [0.25, 0.3) is 0 Å². The molecule has 0 spiro atoms. The highest BCUT2D eigenvalue weighted by molar-refractivity contribution is 7.26. The van der Waals surface area contributed by atoms with Gasteiger partial charge in [-0.2, -0.15) is 0 Å². The molecule has 0 amide bonds.